The summed E-state index contributed by atoms with van der Waals surface area (Å²) < 4.78 is 39.1. The molecule has 0 bridgehead atoms. The van der Waals surface area contributed by atoms with E-state index in [-0.39, 0.29) is 9.79 Å². The summed E-state index contributed by atoms with van der Waals surface area (Å²) in [6.45, 7) is 9.75. The van der Waals surface area contributed by atoms with Crippen molar-refractivity contribution in [1.82, 2.24) is 9.97 Å². The molecular weight excluding hydrogens is 375 g/mol. The Morgan fingerprint density at radius 3 is 2.21 bits per heavy atom. The van der Waals surface area contributed by atoms with E-state index in [4.69, 9.17) is 9.31 Å². The van der Waals surface area contributed by atoms with Gasteiger partial charge in [0.15, 0.2) is 0 Å². The van der Waals surface area contributed by atoms with Crippen molar-refractivity contribution >= 4 is 33.5 Å². The van der Waals surface area contributed by atoms with E-state index in [0.717, 1.165) is 5.69 Å². The van der Waals surface area contributed by atoms with E-state index in [2.05, 4.69) is 9.97 Å². The van der Waals surface area contributed by atoms with Gasteiger partial charge in [-0.3, -0.25) is 0 Å². The van der Waals surface area contributed by atoms with E-state index in [9.17, 15) is 8.42 Å². The van der Waals surface area contributed by atoms with Gasteiger partial charge in [0.25, 0.3) is 0 Å². The van der Waals surface area contributed by atoms with Crippen LogP contribution < -0.4 is 5.46 Å². The molecule has 2 aromatic heterocycles. The molecule has 1 fully saturated rings. The molecule has 0 atom stereocenters. The van der Waals surface area contributed by atoms with Gasteiger partial charge in [0.05, 0.1) is 21.0 Å². The molecule has 1 aromatic carbocycles. The Morgan fingerprint density at radius 1 is 1.00 bits per heavy atom. The zero-order chi connectivity index (χ0) is 20.3. The monoisotopic (exact) mass is 398 g/mol. The quantitative estimate of drug-likeness (QED) is 0.686. The number of nitrogens with one attached hydrogen (secondary N) is 1. The first-order valence-corrected chi connectivity index (χ1v) is 10.7. The van der Waals surface area contributed by atoms with E-state index >= 15 is 0 Å². The molecule has 0 unspecified atom stereocenters. The fourth-order valence-electron chi connectivity index (χ4n) is 3.44. The first kappa shape index (κ1) is 19.2. The summed E-state index contributed by atoms with van der Waals surface area (Å²) in [6, 6.07) is 9.93. The number of fused-ring (bicyclic) bond motifs is 1. The lowest BCUT2D eigenvalue weighted by Crippen LogP contribution is -2.41. The number of aryl methyl sites for hydroxylation is 1. The number of rotatable bonds is 3. The summed E-state index contributed by atoms with van der Waals surface area (Å²) >= 11 is 0. The van der Waals surface area contributed by atoms with Crippen molar-refractivity contribution in [2.75, 3.05) is 0 Å². The van der Waals surface area contributed by atoms with Crippen LogP contribution in [0.5, 0.6) is 0 Å². The summed E-state index contributed by atoms with van der Waals surface area (Å²) in [7, 11) is -4.42. The summed E-state index contributed by atoms with van der Waals surface area (Å²) in [4.78, 5) is 7.96. The van der Waals surface area contributed by atoms with Crippen molar-refractivity contribution in [1.29, 1.82) is 0 Å². The van der Waals surface area contributed by atoms with E-state index < -0.39 is 28.2 Å². The smallest absolute Gasteiger partial charge is 0.399 e. The Labute approximate surface area is 165 Å². The third-order valence-corrected chi connectivity index (χ3v) is 7.54. The second-order valence-electron chi connectivity index (χ2n) is 8.10. The molecule has 4 rings (SSSR count). The second-order valence-corrected chi connectivity index (χ2v) is 10.0. The highest BCUT2D eigenvalue weighted by molar-refractivity contribution is 7.91. The molecule has 0 spiro atoms. The minimum absolute atomic E-state index is 0.192. The number of pyridine rings is 1. The predicted octanol–water partition coefficient (Wildman–Crippen LogP) is 3.00. The van der Waals surface area contributed by atoms with Crippen LogP contribution in [0, 0.1) is 6.92 Å². The number of benzene rings is 1. The second kappa shape index (κ2) is 6.17. The van der Waals surface area contributed by atoms with E-state index in [1.165, 1.54) is 12.3 Å². The van der Waals surface area contributed by atoms with Gasteiger partial charge >= 0.3 is 7.12 Å². The standard InChI is InChI=1S/C20H23BN2O4S/c1-13-17(21-26-19(2,3)20(4,5)27-21)16-15(11-12-22-18(16)23-13)28(24,25)14-9-7-6-8-10-14/h6-12H,1-5H3,(H,22,23). The zero-order valence-corrected chi connectivity index (χ0v) is 17.4. The van der Waals surface area contributed by atoms with E-state index in [1.807, 2.05) is 34.6 Å². The lowest BCUT2D eigenvalue weighted by Gasteiger charge is -2.32. The highest BCUT2D eigenvalue weighted by atomic mass is 32.2. The summed E-state index contributed by atoms with van der Waals surface area (Å²) in [5.41, 5.74) is 0.884. The van der Waals surface area contributed by atoms with Gasteiger partial charge in [0, 0.05) is 22.7 Å². The van der Waals surface area contributed by atoms with E-state index in [0.29, 0.717) is 16.5 Å². The molecule has 1 saturated heterocycles. The van der Waals surface area contributed by atoms with Gasteiger partial charge in [-0.2, -0.15) is 0 Å². The third kappa shape index (κ3) is 2.79. The fourth-order valence-corrected chi connectivity index (χ4v) is 4.92. The van der Waals surface area contributed by atoms with Crippen LogP contribution >= 0.6 is 0 Å². The Morgan fingerprint density at radius 2 is 1.61 bits per heavy atom. The number of aromatic nitrogens is 2. The van der Waals surface area contributed by atoms with Crippen molar-refractivity contribution in [2.24, 2.45) is 0 Å². The Kier molecular flexibility index (Phi) is 4.23. The minimum Gasteiger partial charge on any atom is -0.399 e. The van der Waals surface area contributed by atoms with Crippen LogP contribution in [0.1, 0.15) is 33.4 Å². The highest BCUT2D eigenvalue weighted by Gasteiger charge is 2.53. The van der Waals surface area contributed by atoms with Crippen LogP contribution in [-0.2, 0) is 19.1 Å². The SMILES string of the molecule is Cc1[nH]c2nccc(S(=O)(=O)c3ccccc3)c2c1B1OC(C)(C)C(C)(C)O1. The van der Waals surface area contributed by atoms with Gasteiger partial charge in [0.2, 0.25) is 9.84 Å². The lowest BCUT2D eigenvalue weighted by molar-refractivity contribution is 0.00578. The first-order valence-electron chi connectivity index (χ1n) is 9.17. The van der Waals surface area contributed by atoms with Crippen LogP contribution in [-0.4, -0.2) is 36.7 Å². The molecule has 1 aliphatic heterocycles. The first-order chi connectivity index (χ1) is 13.0. The topological polar surface area (TPSA) is 81.3 Å². The molecule has 6 nitrogen and oxygen atoms in total. The summed E-state index contributed by atoms with van der Waals surface area (Å²) in [5, 5.41) is 0.516. The maximum atomic E-state index is 13.4. The molecule has 0 aliphatic carbocycles. The molecule has 1 aliphatic rings. The average Bonchev–Trinajstić information content (AvgIpc) is 3.06. The summed E-state index contributed by atoms with van der Waals surface area (Å²) in [5.74, 6) is 0. The molecule has 3 aromatic rings. The number of H-pyrrole nitrogens is 1. The van der Waals surface area contributed by atoms with Crippen LogP contribution in [0.2, 0.25) is 0 Å². The van der Waals surface area contributed by atoms with Crippen molar-refractivity contribution < 1.29 is 17.7 Å². The normalized spacial score (nSPS) is 18.7. The molecule has 1 N–H and O–H groups in total. The van der Waals surface area contributed by atoms with E-state index in [1.54, 1.807) is 30.3 Å². The van der Waals surface area contributed by atoms with Crippen LogP contribution in [0.4, 0.5) is 0 Å². The van der Waals surface area contributed by atoms with Crippen molar-refractivity contribution in [3.63, 3.8) is 0 Å². The van der Waals surface area contributed by atoms with Gasteiger partial charge in [0.1, 0.15) is 5.65 Å². The summed E-state index contributed by atoms with van der Waals surface area (Å²) in [6.07, 6.45) is 1.50. The fraction of sp³-hybridized carbons (Fsp3) is 0.350. The van der Waals surface area contributed by atoms with Crippen molar-refractivity contribution in [3.8, 4) is 0 Å². The number of nitrogens with zero attached hydrogens (tertiary/aromatic N) is 1. The maximum absolute atomic E-state index is 13.4. The largest absolute Gasteiger partial charge is 0.497 e. The van der Waals surface area contributed by atoms with Crippen LogP contribution in [0.15, 0.2) is 52.4 Å². The molecule has 0 amide bonds. The average molecular weight is 398 g/mol. The number of hydrogen-bond donors (Lipinski definition) is 1. The zero-order valence-electron chi connectivity index (χ0n) is 16.6. The molecule has 3 heterocycles. The molecule has 28 heavy (non-hydrogen) atoms. The van der Waals surface area contributed by atoms with Gasteiger partial charge in [-0.15, -0.1) is 0 Å². The minimum atomic E-state index is -3.73. The molecular formula is C20H23BN2O4S. The van der Waals surface area contributed by atoms with Crippen LogP contribution in [0.25, 0.3) is 11.0 Å². The Bertz CT molecular complexity index is 1140. The van der Waals surface area contributed by atoms with Crippen molar-refractivity contribution in [3.05, 3.63) is 48.3 Å². The molecule has 0 saturated carbocycles. The van der Waals surface area contributed by atoms with Gasteiger partial charge < -0.3 is 14.3 Å². The number of aromatic amines is 1. The van der Waals surface area contributed by atoms with Crippen molar-refractivity contribution in [2.45, 2.75) is 55.6 Å². The Balaban J connectivity index is 1.95. The molecule has 8 heteroatoms. The van der Waals surface area contributed by atoms with Gasteiger partial charge in [-0.05, 0) is 52.8 Å². The number of hydrogen-bond acceptors (Lipinski definition) is 5. The highest BCUT2D eigenvalue weighted by Crippen LogP contribution is 2.38. The van der Waals surface area contributed by atoms with Gasteiger partial charge in [-0.25, -0.2) is 13.4 Å². The maximum Gasteiger partial charge on any atom is 0.497 e. The Hall–Kier alpha value is -2.16. The predicted molar refractivity (Wildman–Crippen MR) is 108 cm³/mol. The third-order valence-electron chi connectivity index (χ3n) is 5.72. The van der Waals surface area contributed by atoms with Crippen LogP contribution in [0.3, 0.4) is 0 Å². The number of sulfone groups is 1. The lowest BCUT2D eigenvalue weighted by atomic mass is 9.77. The molecule has 0 radical (unpaired) electrons. The molecule has 146 valence electrons. The van der Waals surface area contributed by atoms with Gasteiger partial charge in [-0.1, -0.05) is 18.2 Å².